The van der Waals surface area contributed by atoms with Crippen molar-refractivity contribution in [1.82, 2.24) is 9.55 Å². The Morgan fingerprint density at radius 3 is 2.02 bits per heavy atom. The molecule has 300 valence electrons. The monoisotopic (exact) mass is 757 g/mol. The molecule has 52 heavy (non-hydrogen) atoms. The van der Waals surface area contributed by atoms with Crippen molar-refractivity contribution < 1.29 is 37.4 Å². The summed E-state index contributed by atoms with van der Waals surface area (Å²) in [5.74, 6) is -6.28. The van der Waals surface area contributed by atoms with E-state index < -0.39 is 68.2 Å². The van der Waals surface area contributed by atoms with Gasteiger partial charge in [0.05, 0.1) is 19.1 Å². The zero-order valence-electron chi connectivity index (χ0n) is 33.6. The fourth-order valence-electron chi connectivity index (χ4n) is 6.53. The van der Waals surface area contributed by atoms with Crippen LogP contribution in [0, 0.1) is 11.3 Å². The zero-order valence-corrected chi connectivity index (χ0v) is 34.6. The second-order valence-electron chi connectivity index (χ2n) is 17.3. The van der Waals surface area contributed by atoms with Gasteiger partial charge in [-0.25, -0.2) is 18.4 Å². The van der Waals surface area contributed by atoms with Crippen LogP contribution in [-0.4, -0.2) is 66.4 Å². The van der Waals surface area contributed by atoms with Crippen LogP contribution in [0.5, 0.6) is 0 Å². The van der Waals surface area contributed by atoms with Crippen LogP contribution in [0.25, 0.3) is 0 Å². The van der Waals surface area contributed by atoms with Crippen molar-refractivity contribution in [2.75, 3.05) is 25.1 Å². The molecule has 1 aliphatic heterocycles. The first-order valence-electron chi connectivity index (χ1n) is 19.6. The molecule has 0 aromatic carbocycles. The van der Waals surface area contributed by atoms with Crippen molar-refractivity contribution in [3.8, 4) is 0 Å². The minimum atomic E-state index is -3.35. The van der Waals surface area contributed by atoms with E-state index >= 15 is 8.78 Å². The van der Waals surface area contributed by atoms with E-state index in [1.165, 1.54) is 68.2 Å². The van der Waals surface area contributed by atoms with E-state index in [4.69, 9.17) is 13.9 Å². The molecular formula is C39H69F2N3O7Si. The van der Waals surface area contributed by atoms with Gasteiger partial charge in [-0.1, -0.05) is 105 Å². The summed E-state index contributed by atoms with van der Waals surface area (Å²) in [5.41, 5.74) is -3.32. The highest BCUT2D eigenvalue weighted by Gasteiger charge is 2.60. The highest BCUT2D eigenvalue weighted by Crippen LogP contribution is 2.49. The number of carbonyl (C=O) groups is 2. The maximum Gasteiger partial charge on any atom is 0.413 e. The van der Waals surface area contributed by atoms with E-state index in [0.717, 1.165) is 25.7 Å². The molecule has 2 heterocycles. The molecule has 1 aromatic heterocycles. The molecule has 1 unspecified atom stereocenters. The molecule has 2 N–H and O–H groups in total. The van der Waals surface area contributed by atoms with Gasteiger partial charge in [0.15, 0.2) is 8.32 Å². The fraction of sp³-hybridized carbons (Fsp3) is 0.846. The van der Waals surface area contributed by atoms with E-state index in [1.807, 2.05) is 33.9 Å². The lowest BCUT2D eigenvalue weighted by atomic mass is 9.70. The van der Waals surface area contributed by atoms with Gasteiger partial charge in [-0.05, 0) is 64.2 Å². The summed E-state index contributed by atoms with van der Waals surface area (Å²) in [5, 5.41) is 13.0. The number of carboxylic acids is 1. The summed E-state index contributed by atoms with van der Waals surface area (Å²) in [6.07, 6.45) is 15.3. The molecule has 0 bridgehead atoms. The van der Waals surface area contributed by atoms with Crippen molar-refractivity contribution >= 4 is 26.2 Å². The first-order chi connectivity index (χ1) is 24.1. The largest absolute Gasteiger partial charge is 0.481 e. The highest BCUT2D eigenvalue weighted by molar-refractivity contribution is 6.74. The normalized spacial score (nSPS) is 18.2. The number of alkyl halides is 2. The van der Waals surface area contributed by atoms with E-state index in [0.29, 0.717) is 6.42 Å². The third-order valence-electron chi connectivity index (χ3n) is 10.8. The molecule has 0 aliphatic carbocycles. The molecule has 13 heteroatoms. The number of nitrogens with one attached hydrogen (secondary N) is 1. The van der Waals surface area contributed by atoms with Crippen LogP contribution in [0.3, 0.4) is 0 Å². The Kier molecular flexibility index (Phi) is 17.9. The molecule has 1 amide bonds. The first-order valence-corrected chi connectivity index (χ1v) is 22.5. The molecule has 3 atom stereocenters. The molecule has 2 rings (SSSR count). The van der Waals surface area contributed by atoms with Gasteiger partial charge >= 0.3 is 17.8 Å². The lowest BCUT2D eigenvalue weighted by molar-refractivity contribution is -0.168. The Bertz CT molecular complexity index is 1310. The standard InChI is InChI=1S/C39H69F2N3O7Si/c1-10-11-12-13-14-15-16-17-18-19-20-21-22-30(44-26-24-32(42-34(44)47)43-35(48)51-36(2,3)4)23-25-38(33(45)46,31-27-49-29-39(31,40)41)28-50-52(8,9)37(5,6)7/h24,26,30-31H,10-23,25,27-29H2,1-9H3,(H,45,46)(H,42,43,47,48)/t30-,31?,38+/m1/s1. The van der Waals surface area contributed by atoms with Gasteiger partial charge in [0.2, 0.25) is 0 Å². The van der Waals surface area contributed by atoms with Crippen molar-refractivity contribution in [3.05, 3.63) is 22.7 Å². The van der Waals surface area contributed by atoms with Gasteiger partial charge < -0.3 is 19.0 Å². The summed E-state index contributed by atoms with van der Waals surface area (Å²) in [7, 11) is -2.53. The molecule has 1 aliphatic rings. The number of hydrogen-bond acceptors (Lipinski definition) is 7. The predicted molar refractivity (Wildman–Crippen MR) is 205 cm³/mol. The van der Waals surface area contributed by atoms with Crippen molar-refractivity contribution in [2.24, 2.45) is 11.3 Å². The van der Waals surface area contributed by atoms with E-state index in [-0.39, 0.29) is 30.3 Å². The predicted octanol–water partition coefficient (Wildman–Crippen LogP) is 10.4. The Labute approximate surface area is 312 Å². The molecule has 10 nitrogen and oxygen atoms in total. The number of ether oxygens (including phenoxy) is 2. The van der Waals surface area contributed by atoms with Crippen LogP contribution in [0.2, 0.25) is 18.1 Å². The summed E-state index contributed by atoms with van der Waals surface area (Å²) in [4.78, 5) is 43.0. The summed E-state index contributed by atoms with van der Waals surface area (Å²) in [6.45, 7) is 15.8. The Morgan fingerprint density at radius 1 is 1.00 bits per heavy atom. The van der Waals surface area contributed by atoms with Crippen LogP contribution >= 0.6 is 0 Å². The average Bonchev–Trinajstić information content (AvgIpc) is 3.38. The molecule has 0 radical (unpaired) electrons. The summed E-state index contributed by atoms with van der Waals surface area (Å²) >= 11 is 0. The number of carbonyl (C=O) groups excluding carboxylic acids is 1. The lowest BCUT2D eigenvalue weighted by Gasteiger charge is -2.43. The van der Waals surface area contributed by atoms with Gasteiger partial charge in [0.25, 0.3) is 5.92 Å². The Hall–Kier alpha value is -2.38. The third kappa shape index (κ3) is 14.5. The summed E-state index contributed by atoms with van der Waals surface area (Å²) in [6, 6.07) is 0.978. The smallest absolute Gasteiger partial charge is 0.413 e. The Balaban J connectivity index is 2.29. The van der Waals surface area contributed by atoms with Crippen LogP contribution in [0.1, 0.15) is 151 Å². The molecular weight excluding hydrogens is 689 g/mol. The van der Waals surface area contributed by atoms with Crippen LogP contribution in [0.15, 0.2) is 17.1 Å². The second-order valence-corrected chi connectivity index (χ2v) is 22.1. The second kappa shape index (κ2) is 20.3. The van der Waals surface area contributed by atoms with E-state index in [2.05, 4.69) is 17.2 Å². The number of rotatable bonds is 23. The number of halogens is 2. The van der Waals surface area contributed by atoms with Gasteiger partial charge in [0, 0.05) is 12.2 Å². The third-order valence-corrected chi connectivity index (χ3v) is 15.3. The Morgan fingerprint density at radius 2 is 1.56 bits per heavy atom. The number of carboxylic acid groups (broad SMARTS) is 1. The van der Waals surface area contributed by atoms with Crippen LogP contribution in [-0.2, 0) is 18.7 Å². The molecule has 1 saturated heterocycles. The number of amides is 1. The zero-order chi connectivity index (χ0) is 39.2. The van der Waals surface area contributed by atoms with Crippen molar-refractivity contribution in [3.63, 3.8) is 0 Å². The maximum absolute atomic E-state index is 15.4. The maximum atomic E-state index is 15.4. The average molecular weight is 758 g/mol. The number of aromatic nitrogens is 2. The van der Waals surface area contributed by atoms with Crippen LogP contribution < -0.4 is 11.0 Å². The number of hydrogen-bond donors (Lipinski definition) is 2. The molecule has 1 aromatic rings. The molecule has 0 spiro atoms. The minimum Gasteiger partial charge on any atom is -0.481 e. The number of aliphatic carboxylic acids is 1. The summed E-state index contributed by atoms with van der Waals surface area (Å²) < 4.78 is 49.1. The highest BCUT2D eigenvalue weighted by atomic mass is 28.4. The van der Waals surface area contributed by atoms with Gasteiger partial charge in [-0.2, -0.15) is 4.98 Å². The first kappa shape index (κ1) is 45.8. The van der Waals surface area contributed by atoms with Gasteiger partial charge in [-0.15, -0.1) is 0 Å². The molecule has 0 saturated carbocycles. The van der Waals surface area contributed by atoms with Crippen molar-refractivity contribution in [1.29, 1.82) is 0 Å². The van der Waals surface area contributed by atoms with Crippen molar-refractivity contribution in [2.45, 2.75) is 180 Å². The number of nitrogens with zero attached hydrogens (tertiary/aromatic N) is 2. The SMILES string of the molecule is CCCCCCCCCCCCCC[C@H](CC[C@@](CO[Si](C)(C)C(C)(C)C)(C(=O)O)C1COCC1(F)F)n1ccc(NC(=O)OC(C)(C)C)nc1=O. The number of unbranched alkanes of at least 4 members (excludes halogenated alkanes) is 11. The minimum absolute atomic E-state index is 0.0185. The van der Waals surface area contributed by atoms with Gasteiger partial charge in [-0.3, -0.25) is 14.7 Å². The fourth-order valence-corrected chi connectivity index (χ4v) is 7.58. The van der Waals surface area contributed by atoms with Crippen LogP contribution in [0.4, 0.5) is 19.4 Å². The molecule has 1 fully saturated rings. The van der Waals surface area contributed by atoms with Gasteiger partial charge in [0.1, 0.15) is 23.4 Å². The number of anilines is 1. The lowest BCUT2D eigenvalue weighted by Crippen LogP contribution is -2.53. The van der Waals surface area contributed by atoms with E-state index in [9.17, 15) is 19.5 Å². The quantitative estimate of drug-likeness (QED) is 0.0834. The topological polar surface area (TPSA) is 129 Å². The van der Waals surface area contributed by atoms with E-state index in [1.54, 1.807) is 20.8 Å².